The first-order valence-electron chi connectivity index (χ1n) is 10.3. The Kier molecular flexibility index (Phi) is 6.73. The fourth-order valence-corrected chi connectivity index (χ4v) is 4.71. The molecule has 3 rings (SSSR count). The molecule has 1 aromatic heterocycles. The molecule has 1 fully saturated rings. The minimum Gasteiger partial charge on any atom is -0.337 e. The van der Waals surface area contributed by atoms with E-state index >= 15 is 0 Å². The number of carbonyl (C=O) groups is 1. The number of likely N-dealkylation sites (tertiary alicyclic amines) is 1. The summed E-state index contributed by atoms with van der Waals surface area (Å²) in [5.74, 6) is 0.378. The third kappa shape index (κ3) is 5.24. The zero-order valence-electron chi connectivity index (χ0n) is 17.5. The van der Waals surface area contributed by atoms with Crippen molar-refractivity contribution in [3.63, 3.8) is 0 Å². The first-order chi connectivity index (χ1) is 13.8. The van der Waals surface area contributed by atoms with Crippen LogP contribution in [0.15, 0.2) is 42.6 Å². The second-order valence-corrected chi connectivity index (χ2v) is 10.8. The summed E-state index contributed by atoms with van der Waals surface area (Å²) in [5.41, 5.74) is 3.59. The van der Waals surface area contributed by atoms with Crippen LogP contribution in [0.1, 0.15) is 62.0 Å². The van der Waals surface area contributed by atoms with Gasteiger partial charge >= 0.3 is 0 Å². The molecule has 0 spiro atoms. The largest absolute Gasteiger partial charge is 0.337 e. The maximum absolute atomic E-state index is 12.6. The number of hydrogen-bond donors (Lipinski definition) is 0. The number of benzene rings is 1. The molecule has 0 radical (unpaired) electrons. The highest BCUT2D eigenvalue weighted by Gasteiger charge is 2.21. The molecule has 29 heavy (non-hydrogen) atoms. The molecular weight excluding hydrogens is 384 g/mol. The van der Waals surface area contributed by atoms with E-state index in [2.05, 4.69) is 11.9 Å². The molecule has 1 saturated heterocycles. The molecule has 0 unspecified atom stereocenters. The van der Waals surface area contributed by atoms with Gasteiger partial charge < -0.3 is 4.90 Å². The quantitative estimate of drug-likeness (QED) is 0.677. The first kappa shape index (κ1) is 21.5. The van der Waals surface area contributed by atoms with Crippen molar-refractivity contribution in [2.75, 3.05) is 18.8 Å². The van der Waals surface area contributed by atoms with Crippen molar-refractivity contribution in [2.24, 2.45) is 0 Å². The Morgan fingerprint density at radius 1 is 1.03 bits per heavy atom. The standard InChI is InChI=1S/C23H30N2O3S/c1-17(2)29(27,28)15-11-18(3)19-6-8-20(9-7-19)21-10-12-24-22(16-21)23(26)25-13-4-5-14-25/h6-10,12,16-18H,4-5,11,13-15H2,1-3H3/t18-/m0/s1. The molecule has 2 aromatic rings. The molecule has 1 atom stereocenters. The molecule has 1 amide bonds. The molecular formula is C23H30N2O3S. The summed E-state index contributed by atoms with van der Waals surface area (Å²) in [5, 5.41) is -0.332. The number of nitrogens with zero attached hydrogens (tertiary/aromatic N) is 2. The molecule has 0 saturated carbocycles. The van der Waals surface area contributed by atoms with E-state index in [0.717, 1.165) is 42.6 Å². The Morgan fingerprint density at radius 2 is 1.69 bits per heavy atom. The van der Waals surface area contributed by atoms with Crippen molar-refractivity contribution in [1.82, 2.24) is 9.88 Å². The molecule has 156 valence electrons. The molecule has 5 nitrogen and oxygen atoms in total. The van der Waals surface area contributed by atoms with Crippen molar-refractivity contribution in [3.05, 3.63) is 53.9 Å². The topological polar surface area (TPSA) is 67.3 Å². The van der Waals surface area contributed by atoms with Gasteiger partial charge in [-0.1, -0.05) is 31.2 Å². The number of sulfone groups is 1. The van der Waals surface area contributed by atoms with Crippen LogP contribution in [0.3, 0.4) is 0 Å². The Balaban J connectivity index is 1.70. The van der Waals surface area contributed by atoms with Crippen LogP contribution in [-0.4, -0.2) is 48.3 Å². The van der Waals surface area contributed by atoms with Gasteiger partial charge in [-0.05, 0) is 67.9 Å². The van der Waals surface area contributed by atoms with Crippen molar-refractivity contribution in [2.45, 2.75) is 51.2 Å². The van der Waals surface area contributed by atoms with Crippen LogP contribution in [0, 0.1) is 0 Å². The Morgan fingerprint density at radius 3 is 2.31 bits per heavy atom. The van der Waals surface area contributed by atoms with Crippen molar-refractivity contribution >= 4 is 15.7 Å². The Hall–Kier alpha value is -2.21. The number of rotatable bonds is 7. The van der Waals surface area contributed by atoms with E-state index in [1.807, 2.05) is 41.3 Å². The maximum Gasteiger partial charge on any atom is 0.272 e. The van der Waals surface area contributed by atoms with Gasteiger partial charge in [0.2, 0.25) is 0 Å². The minimum atomic E-state index is -3.02. The van der Waals surface area contributed by atoms with E-state index in [9.17, 15) is 13.2 Å². The number of carbonyl (C=O) groups excluding carboxylic acids is 1. The summed E-state index contributed by atoms with van der Waals surface area (Å²) in [4.78, 5) is 18.7. The summed E-state index contributed by atoms with van der Waals surface area (Å²) in [6.45, 7) is 7.14. The second kappa shape index (κ2) is 9.08. The van der Waals surface area contributed by atoms with Gasteiger partial charge in [0.15, 0.2) is 9.84 Å². The number of hydrogen-bond acceptors (Lipinski definition) is 4. The fourth-order valence-electron chi connectivity index (χ4n) is 3.56. The first-order valence-corrected chi connectivity index (χ1v) is 12.1. The number of aromatic nitrogens is 1. The SMILES string of the molecule is CC(C)S(=O)(=O)CC[C@H](C)c1ccc(-c2ccnc(C(=O)N3CCCC3)c2)cc1. The van der Waals surface area contributed by atoms with Crippen LogP contribution in [0.2, 0.25) is 0 Å². The lowest BCUT2D eigenvalue weighted by Crippen LogP contribution is -2.28. The summed E-state index contributed by atoms with van der Waals surface area (Å²) in [6, 6.07) is 11.9. The summed E-state index contributed by atoms with van der Waals surface area (Å²) >= 11 is 0. The average Bonchev–Trinajstić information content (AvgIpc) is 3.26. The minimum absolute atomic E-state index is 0.000884. The van der Waals surface area contributed by atoms with Crippen LogP contribution in [0.5, 0.6) is 0 Å². The van der Waals surface area contributed by atoms with Gasteiger partial charge in [0, 0.05) is 19.3 Å². The van der Waals surface area contributed by atoms with E-state index in [1.165, 1.54) is 0 Å². The van der Waals surface area contributed by atoms with Crippen molar-refractivity contribution < 1.29 is 13.2 Å². The van der Waals surface area contributed by atoms with E-state index < -0.39 is 9.84 Å². The average molecular weight is 415 g/mol. The lowest BCUT2D eigenvalue weighted by atomic mass is 9.96. The van der Waals surface area contributed by atoms with Gasteiger partial charge in [-0.2, -0.15) is 0 Å². The summed E-state index contributed by atoms with van der Waals surface area (Å²) < 4.78 is 24.1. The van der Waals surface area contributed by atoms with E-state index in [1.54, 1.807) is 20.0 Å². The highest BCUT2D eigenvalue weighted by Crippen LogP contribution is 2.26. The zero-order chi connectivity index (χ0) is 21.0. The van der Waals surface area contributed by atoms with Crippen LogP contribution in [0.4, 0.5) is 0 Å². The lowest BCUT2D eigenvalue weighted by Gasteiger charge is -2.15. The summed E-state index contributed by atoms with van der Waals surface area (Å²) in [6.07, 6.45) is 4.42. The van der Waals surface area contributed by atoms with Crippen molar-refractivity contribution in [3.8, 4) is 11.1 Å². The van der Waals surface area contributed by atoms with E-state index in [-0.39, 0.29) is 22.8 Å². The van der Waals surface area contributed by atoms with Gasteiger partial charge in [-0.25, -0.2) is 8.42 Å². The molecule has 2 heterocycles. The van der Waals surface area contributed by atoms with Gasteiger partial charge in [0.25, 0.3) is 5.91 Å². The lowest BCUT2D eigenvalue weighted by molar-refractivity contribution is 0.0787. The highest BCUT2D eigenvalue weighted by molar-refractivity contribution is 7.91. The van der Waals surface area contributed by atoms with Gasteiger partial charge in [-0.3, -0.25) is 9.78 Å². The number of pyridine rings is 1. The Bertz CT molecular complexity index is 946. The molecule has 0 N–H and O–H groups in total. The van der Waals surface area contributed by atoms with Crippen LogP contribution >= 0.6 is 0 Å². The maximum atomic E-state index is 12.6. The predicted molar refractivity (Wildman–Crippen MR) is 117 cm³/mol. The highest BCUT2D eigenvalue weighted by atomic mass is 32.2. The normalized spacial score (nSPS) is 15.7. The van der Waals surface area contributed by atoms with Gasteiger partial charge in [0.1, 0.15) is 5.69 Å². The van der Waals surface area contributed by atoms with Crippen LogP contribution < -0.4 is 0 Å². The van der Waals surface area contributed by atoms with E-state index in [4.69, 9.17) is 0 Å². The molecule has 6 heteroatoms. The third-order valence-electron chi connectivity index (χ3n) is 5.74. The van der Waals surface area contributed by atoms with Gasteiger partial charge in [0.05, 0.1) is 11.0 Å². The molecule has 0 bridgehead atoms. The van der Waals surface area contributed by atoms with Crippen molar-refractivity contribution in [1.29, 1.82) is 0 Å². The van der Waals surface area contributed by atoms with Gasteiger partial charge in [-0.15, -0.1) is 0 Å². The molecule has 0 aliphatic carbocycles. The van der Waals surface area contributed by atoms with Crippen LogP contribution in [0.25, 0.3) is 11.1 Å². The van der Waals surface area contributed by atoms with E-state index in [0.29, 0.717) is 12.1 Å². The number of amides is 1. The zero-order valence-corrected chi connectivity index (χ0v) is 18.3. The predicted octanol–water partition coefficient (Wildman–Crippen LogP) is 4.30. The summed E-state index contributed by atoms with van der Waals surface area (Å²) in [7, 11) is -3.02. The monoisotopic (exact) mass is 414 g/mol. The second-order valence-electron chi connectivity index (χ2n) is 8.16. The van der Waals surface area contributed by atoms with Crippen LogP contribution in [-0.2, 0) is 9.84 Å². The Labute approximate surface area is 174 Å². The fraction of sp³-hybridized carbons (Fsp3) is 0.478. The smallest absolute Gasteiger partial charge is 0.272 e. The molecule has 1 aromatic carbocycles. The molecule has 1 aliphatic heterocycles. The molecule has 1 aliphatic rings. The third-order valence-corrected chi connectivity index (χ3v) is 7.98.